The van der Waals surface area contributed by atoms with E-state index in [0.717, 1.165) is 30.0 Å². The van der Waals surface area contributed by atoms with Crippen LogP contribution in [-0.2, 0) is 11.2 Å². The molecule has 2 aliphatic rings. The number of amides is 1. The van der Waals surface area contributed by atoms with Crippen molar-refractivity contribution in [2.24, 2.45) is 11.7 Å². The summed E-state index contributed by atoms with van der Waals surface area (Å²) in [4.78, 5) is 19.3. The maximum absolute atomic E-state index is 12.4. The lowest BCUT2D eigenvalue weighted by atomic mass is 9.69. The molecule has 4 atom stereocenters. The number of primary amides is 1. The van der Waals surface area contributed by atoms with Gasteiger partial charge in [-0.15, -0.1) is 0 Å². The van der Waals surface area contributed by atoms with E-state index in [4.69, 9.17) is 5.73 Å². The van der Waals surface area contributed by atoms with Crippen molar-refractivity contribution >= 4 is 28.3 Å². The van der Waals surface area contributed by atoms with E-state index in [9.17, 15) is 4.79 Å². The summed E-state index contributed by atoms with van der Waals surface area (Å²) in [6.07, 6.45) is 4.21. The number of likely N-dealkylation sites (tertiary alicyclic amines) is 1. The van der Waals surface area contributed by atoms with Crippen LogP contribution in [0.1, 0.15) is 40.0 Å². The number of aromatic amines is 1. The van der Waals surface area contributed by atoms with Gasteiger partial charge in [-0.05, 0) is 67.5 Å². The average molecular weight is 381 g/mol. The molecule has 5 nitrogen and oxygen atoms in total. The predicted octanol–water partition coefficient (Wildman–Crippen LogP) is 3.16. The van der Waals surface area contributed by atoms with Gasteiger partial charge in [0.1, 0.15) is 0 Å². The molecule has 1 saturated heterocycles. The Labute approximate surface area is 162 Å². The number of hydrogen-bond acceptors (Lipinski definition) is 4. The van der Waals surface area contributed by atoms with Crippen molar-refractivity contribution in [1.82, 2.24) is 14.3 Å². The molecule has 140 valence electrons. The van der Waals surface area contributed by atoms with Gasteiger partial charge in [0, 0.05) is 40.5 Å². The summed E-state index contributed by atoms with van der Waals surface area (Å²) in [7, 11) is 2.19. The molecule has 1 fully saturated rings. The molecule has 0 bridgehead atoms. The number of fused-ring (bicyclic) bond motifs is 2. The highest BCUT2D eigenvalue weighted by Gasteiger charge is 2.43. The fraction of sp³-hybridized carbons (Fsp3) is 0.429. The first-order valence-corrected chi connectivity index (χ1v) is 10.3. The number of carbonyl (C=O) groups is 1. The lowest BCUT2D eigenvalue weighted by Gasteiger charge is -2.46. The highest BCUT2D eigenvalue weighted by molar-refractivity contribution is 7.06. The first kappa shape index (κ1) is 17.0. The number of aromatic nitrogens is 2. The molecule has 3 aromatic rings. The van der Waals surface area contributed by atoms with E-state index in [0.29, 0.717) is 12.0 Å². The number of likely N-dealkylation sites (N-methyl/N-ethyl adjacent to an activating group) is 1. The number of nitrogens with zero attached hydrogens (tertiary/aromatic N) is 2. The van der Waals surface area contributed by atoms with Gasteiger partial charge in [0.05, 0.1) is 11.6 Å². The Balaban J connectivity index is 1.55. The summed E-state index contributed by atoms with van der Waals surface area (Å²) in [5.74, 6) is 0.152. The van der Waals surface area contributed by atoms with Crippen LogP contribution >= 0.6 is 11.5 Å². The van der Waals surface area contributed by atoms with Crippen LogP contribution in [0.15, 0.2) is 30.5 Å². The molecule has 0 radical (unpaired) electrons. The molecular weight excluding hydrogens is 356 g/mol. The van der Waals surface area contributed by atoms with Gasteiger partial charge in [-0.2, -0.15) is 4.37 Å². The molecule has 5 rings (SSSR count). The zero-order chi connectivity index (χ0) is 18.7. The van der Waals surface area contributed by atoms with Gasteiger partial charge in [0.25, 0.3) is 0 Å². The van der Waals surface area contributed by atoms with Crippen molar-refractivity contribution in [2.75, 3.05) is 13.6 Å². The Bertz CT molecular complexity index is 1020. The van der Waals surface area contributed by atoms with Crippen LogP contribution in [0.3, 0.4) is 0 Å². The van der Waals surface area contributed by atoms with Crippen molar-refractivity contribution in [3.8, 4) is 0 Å². The van der Waals surface area contributed by atoms with Gasteiger partial charge in [-0.25, -0.2) is 0 Å². The molecule has 1 aliphatic carbocycles. The molecule has 3 N–H and O–H groups in total. The lowest BCUT2D eigenvalue weighted by Crippen LogP contribution is -2.50. The summed E-state index contributed by atoms with van der Waals surface area (Å²) in [5.41, 5.74) is 10.9. The van der Waals surface area contributed by atoms with Gasteiger partial charge in [-0.1, -0.05) is 12.1 Å². The molecule has 1 unspecified atom stereocenters. The number of rotatable bonds is 3. The van der Waals surface area contributed by atoms with Gasteiger partial charge >= 0.3 is 0 Å². The van der Waals surface area contributed by atoms with E-state index in [1.165, 1.54) is 33.6 Å². The van der Waals surface area contributed by atoms with Crippen LogP contribution < -0.4 is 5.73 Å². The van der Waals surface area contributed by atoms with Crippen LogP contribution in [0.25, 0.3) is 10.9 Å². The molecule has 1 amide bonds. The van der Waals surface area contributed by atoms with E-state index in [1.807, 2.05) is 13.0 Å². The number of nitrogens with one attached hydrogen (secondary N) is 1. The summed E-state index contributed by atoms with van der Waals surface area (Å²) in [6, 6.07) is 9.06. The first-order chi connectivity index (χ1) is 13.0. The van der Waals surface area contributed by atoms with Gasteiger partial charge in [0.15, 0.2) is 0 Å². The normalized spacial score (nSPS) is 26.1. The number of carbonyl (C=O) groups excluding carboxylic acids is 1. The highest BCUT2D eigenvalue weighted by atomic mass is 32.1. The molecule has 1 aliphatic heterocycles. The van der Waals surface area contributed by atoms with Gasteiger partial charge in [0.2, 0.25) is 5.91 Å². The minimum absolute atomic E-state index is 0.212. The Hall–Kier alpha value is -2.18. The monoisotopic (exact) mass is 380 g/mol. The van der Waals surface area contributed by atoms with Crippen molar-refractivity contribution in [3.05, 3.63) is 52.2 Å². The fourth-order valence-electron chi connectivity index (χ4n) is 5.36. The fourth-order valence-corrected chi connectivity index (χ4v) is 6.31. The van der Waals surface area contributed by atoms with Crippen LogP contribution in [0.5, 0.6) is 0 Å². The third-order valence-corrected chi connectivity index (χ3v) is 7.45. The molecule has 6 heteroatoms. The number of nitrogens with two attached hydrogens (primary N) is 1. The van der Waals surface area contributed by atoms with E-state index >= 15 is 0 Å². The van der Waals surface area contributed by atoms with Crippen LogP contribution in [0.2, 0.25) is 0 Å². The summed E-state index contributed by atoms with van der Waals surface area (Å²) >= 11 is 1.42. The van der Waals surface area contributed by atoms with Gasteiger partial charge in [-0.3, -0.25) is 4.79 Å². The third-order valence-electron chi connectivity index (χ3n) is 6.49. The Kier molecular flexibility index (Phi) is 3.88. The molecule has 27 heavy (non-hydrogen) atoms. The largest absolute Gasteiger partial charge is 0.369 e. The van der Waals surface area contributed by atoms with E-state index in [1.54, 1.807) is 0 Å². The SMILES string of the molecule is Cc1cc(C(C(N)=O)[C@@H]2C[C@@H]3c4cccc5[nH]cc(c45)C[C@H]3N(C)C2)sn1. The minimum Gasteiger partial charge on any atom is -0.369 e. The predicted molar refractivity (Wildman–Crippen MR) is 108 cm³/mol. The quantitative estimate of drug-likeness (QED) is 0.733. The van der Waals surface area contributed by atoms with Crippen LogP contribution in [0.4, 0.5) is 0 Å². The number of H-pyrrole nitrogens is 1. The zero-order valence-corrected chi connectivity index (χ0v) is 16.4. The highest BCUT2D eigenvalue weighted by Crippen LogP contribution is 2.47. The summed E-state index contributed by atoms with van der Waals surface area (Å²) in [5, 5.41) is 1.39. The molecule has 2 aromatic heterocycles. The molecular formula is C21H24N4OS. The second-order valence-corrected chi connectivity index (χ2v) is 8.98. The second kappa shape index (κ2) is 6.17. The number of benzene rings is 1. The van der Waals surface area contributed by atoms with E-state index in [2.05, 4.69) is 45.7 Å². The molecule has 3 heterocycles. The maximum atomic E-state index is 12.4. The first-order valence-electron chi connectivity index (χ1n) is 9.54. The van der Waals surface area contributed by atoms with Gasteiger partial charge < -0.3 is 15.6 Å². The number of aryl methyl sites for hydroxylation is 1. The standard InChI is InChI=1S/C21H24N4OS/c1-11-6-18(27-24-11)20(21(22)26)13-7-15-14-4-3-5-16-19(14)12(9-23-16)8-17(15)25(2)10-13/h3-6,9,13,15,17,20,23H,7-8,10H2,1-2H3,(H2,22,26)/t13-,15-,17-,20?/m1/s1. The Morgan fingerprint density at radius 3 is 3.04 bits per heavy atom. The third kappa shape index (κ3) is 2.62. The molecule has 1 aromatic carbocycles. The number of hydrogen-bond donors (Lipinski definition) is 2. The topological polar surface area (TPSA) is 75.0 Å². The Morgan fingerprint density at radius 1 is 1.44 bits per heavy atom. The molecule has 0 saturated carbocycles. The Morgan fingerprint density at radius 2 is 2.30 bits per heavy atom. The number of piperidine rings is 1. The smallest absolute Gasteiger partial charge is 0.226 e. The average Bonchev–Trinajstić information content (AvgIpc) is 3.24. The lowest BCUT2D eigenvalue weighted by molar-refractivity contribution is -0.121. The second-order valence-electron chi connectivity index (χ2n) is 8.15. The molecule has 0 spiro atoms. The van der Waals surface area contributed by atoms with Crippen molar-refractivity contribution in [3.63, 3.8) is 0 Å². The van der Waals surface area contributed by atoms with Crippen molar-refractivity contribution in [2.45, 2.75) is 37.6 Å². The van der Waals surface area contributed by atoms with Crippen molar-refractivity contribution in [1.29, 1.82) is 0 Å². The van der Waals surface area contributed by atoms with Crippen molar-refractivity contribution < 1.29 is 4.79 Å². The minimum atomic E-state index is -0.258. The van der Waals surface area contributed by atoms with E-state index in [-0.39, 0.29) is 17.7 Å². The zero-order valence-electron chi connectivity index (χ0n) is 15.6. The maximum Gasteiger partial charge on any atom is 0.226 e. The van der Waals surface area contributed by atoms with E-state index < -0.39 is 0 Å². The van der Waals surface area contributed by atoms with Crippen LogP contribution in [0, 0.1) is 12.8 Å². The summed E-state index contributed by atoms with van der Waals surface area (Å²) < 4.78 is 4.39. The summed E-state index contributed by atoms with van der Waals surface area (Å²) in [6.45, 7) is 2.86. The van der Waals surface area contributed by atoms with Crippen LogP contribution in [-0.4, -0.2) is 39.8 Å².